The average molecular weight is 180 g/mol. The zero-order valence-electron chi connectivity index (χ0n) is 7.23. The van der Waals surface area contributed by atoms with Gasteiger partial charge < -0.3 is 15.2 Å². The van der Waals surface area contributed by atoms with Crippen LogP contribution in [0.15, 0.2) is 18.5 Å². The predicted octanol–water partition coefficient (Wildman–Crippen LogP) is 0.448. The highest BCUT2D eigenvalue weighted by atomic mass is 16.5. The van der Waals surface area contributed by atoms with Crippen molar-refractivity contribution in [3.63, 3.8) is 0 Å². The highest BCUT2D eigenvalue weighted by Crippen LogP contribution is 2.18. The van der Waals surface area contributed by atoms with E-state index in [4.69, 9.17) is 4.74 Å². The summed E-state index contributed by atoms with van der Waals surface area (Å²) in [5, 5.41) is 12.5. The Labute approximate surface area is 76.6 Å². The standard InChI is InChI=1S/C9H12N2O2/c12-8-3-7(4-10-5-8)9-6-13-2-1-11-9/h3-5,9,11-12H,1-2,6H2. The fraction of sp³-hybridized carbons (Fsp3) is 0.444. The van der Waals surface area contributed by atoms with Crippen LogP contribution in [0.5, 0.6) is 5.75 Å². The Morgan fingerprint density at radius 2 is 2.46 bits per heavy atom. The summed E-state index contributed by atoms with van der Waals surface area (Å²) in [4.78, 5) is 3.91. The molecular weight excluding hydrogens is 168 g/mol. The van der Waals surface area contributed by atoms with Crippen LogP contribution in [0.25, 0.3) is 0 Å². The van der Waals surface area contributed by atoms with Gasteiger partial charge in [0.05, 0.1) is 25.5 Å². The Bertz CT molecular complexity index is 285. The van der Waals surface area contributed by atoms with Gasteiger partial charge in [0.25, 0.3) is 0 Å². The molecule has 2 N–H and O–H groups in total. The first kappa shape index (κ1) is 8.47. The van der Waals surface area contributed by atoms with E-state index in [9.17, 15) is 5.11 Å². The lowest BCUT2D eigenvalue weighted by atomic mass is 10.1. The third-order valence-corrected chi connectivity index (χ3v) is 2.07. The van der Waals surface area contributed by atoms with Crippen molar-refractivity contribution in [1.82, 2.24) is 10.3 Å². The van der Waals surface area contributed by atoms with Crippen molar-refractivity contribution in [3.8, 4) is 5.75 Å². The Hall–Kier alpha value is -1.13. The predicted molar refractivity (Wildman–Crippen MR) is 47.5 cm³/mol. The Kier molecular flexibility index (Phi) is 2.42. The van der Waals surface area contributed by atoms with Crippen molar-refractivity contribution in [2.24, 2.45) is 0 Å². The molecule has 0 saturated carbocycles. The van der Waals surface area contributed by atoms with Gasteiger partial charge in [0.1, 0.15) is 5.75 Å². The fourth-order valence-corrected chi connectivity index (χ4v) is 1.42. The largest absolute Gasteiger partial charge is 0.506 e. The molecular formula is C9H12N2O2. The fourth-order valence-electron chi connectivity index (χ4n) is 1.42. The van der Waals surface area contributed by atoms with Crippen molar-refractivity contribution in [2.75, 3.05) is 19.8 Å². The number of aromatic nitrogens is 1. The van der Waals surface area contributed by atoms with Crippen molar-refractivity contribution in [1.29, 1.82) is 0 Å². The van der Waals surface area contributed by atoms with Crippen LogP contribution in [-0.4, -0.2) is 29.8 Å². The van der Waals surface area contributed by atoms with Crippen molar-refractivity contribution >= 4 is 0 Å². The van der Waals surface area contributed by atoms with Crippen LogP contribution in [0, 0.1) is 0 Å². The molecule has 4 nitrogen and oxygen atoms in total. The van der Waals surface area contributed by atoms with Crippen LogP contribution in [0.3, 0.4) is 0 Å². The molecule has 1 aliphatic rings. The minimum absolute atomic E-state index is 0.161. The van der Waals surface area contributed by atoms with Gasteiger partial charge in [-0.2, -0.15) is 0 Å². The van der Waals surface area contributed by atoms with E-state index < -0.39 is 0 Å². The normalized spacial score (nSPS) is 22.9. The van der Waals surface area contributed by atoms with Crippen LogP contribution < -0.4 is 5.32 Å². The van der Waals surface area contributed by atoms with Gasteiger partial charge in [-0.1, -0.05) is 0 Å². The van der Waals surface area contributed by atoms with Gasteiger partial charge in [-0.05, 0) is 11.6 Å². The number of nitrogens with zero attached hydrogens (tertiary/aromatic N) is 1. The van der Waals surface area contributed by atoms with Crippen molar-refractivity contribution < 1.29 is 9.84 Å². The van der Waals surface area contributed by atoms with Crippen LogP contribution in [0.1, 0.15) is 11.6 Å². The average Bonchev–Trinajstić information content (AvgIpc) is 2.19. The molecule has 1 saturated heterocycles. The molecule has 0 radical (unpaired) electrons. The number of hydrogen-bond donors (Lipinski definition) is 2. The SMILES string of the molecule is Oc1cncc(C2COCCN2)c1. The molecule has 0 aromatic carbocycles. The van der Waals surface area contributed by atoms with Crippen LogP contribution in [0.4, 0.5) is 0 Å². The first-order valence-electron chi connectivity index (χ1n) is 4.31. The van der Waals surface area contributed by atoms with E-state index in [0.717, 1.165) is 18.7 Å². The molecule has 2 rings (SSSR count). The maximum Gasteiger partial charge on any atom is 0.134 e. The van der Waals surface area contributed by atoms with Gasteiger partial charge >= 0.3 is 0 Å². The molecule has 0 aliphatic carbocycles. The topological polar surface area (TPSA) is 54.4 Å². The summed E-state index contributed by atoms with van der Waals surface area (Å²) >= 11 is 0. The molecule has 1 fully saturated rings. The van der Waals surface area contributed by atoms with Gasteiger partial charge in [0, 0.05) is 12.7 Å². The number of rotatable bonds is 1. The monoisotopic (exact) mass is 180 g/mol. The molecule has 70 valence electrons. The van der Waals surface area contributed by atoms with E-state index >= 15 is 0 Å². The molecule has 1 atom stereocenters. The summed E-state index contributed by atoms with van der Waals surface area (Å²) in [6, 6.07) is 1.87. The summed E-state index contributed by atoms with van der Waals surface area (Å²) in [7, 11) is 0. The first-order chi connectivity index (χ1) is 6.36. The third kappa shape index (κ3) is 1.96. The van der Waals surface area contributed by atoms with E-state index in [1.165, 1.54) is 6.20 Å². The second-order valence-corrected chi connectivity index (χ2v) is 3.06. The molecule has 1 aromatic heterocycles. The molecule has 2 heterocycles. The Morgan fingerprint density at radius 1 is 1.54 bits per heavy atom. The van der Waals surface area contributed by atoms with E-state index in [0.29, 0.717) is 6.61 Å². The molecule has 1 aliphatic heterocycles. The van der Waals surface area contributed by atoms with E-state index in [1.807, 2.05) is 0 Å². The minimum atomic E-state index is 0.161. The zero-order chi connectivity index (χ0) is 9.10. The Morgan fingerprint density at radius 3 is 3.15 bits per heavy atom. The van der Waals surface area contributed by atoms with Crippen LogP contribution in [-0.2, 0) is 4.74 Å². The molecule has 4 heteroatoms. The smallest absolute Gasteiger partial charge is 0.134 e. The lowest BCUT2D eigenvalue weighted by molar-refractivity contribution is 0.0767. The quantitative estimate of drug-likeness (QED) is 0.658. The van der Waals surface area contributed by atoms with Crippen LogP contribution >= 0.6 is 0 Å². The molecule has 13 heavy (non-hydrogen) atoms. The Balaban J connectivity index is 2.14. The summed E-state index contributed by atoms with van der Waals surface area (Å²) < 4.78 is 5.30. The van der Waals surface area contributed by atoms with Gasteiger partial charge in [-0.25, -0.2) is 0 Å². The van der Waals surface area contributed by atoms with E-state index in [-0.39, 0.29) is 11.8 Å². The minimum Gasteiger partial charge on any atom is -0.506 e. The highest BCUT2D eigenvalue weighted by molar-refractivity contribution is 5.24. The molecule has 0 spiro atoms. The first-order valence-corrected chi connectivity index (χ1v) is 4.31. The third-order valence-electron chi connectivity index (χ3n) is 2.07. The highest BCUT2D eigenvalue weighted by Gasteiger charge is 2.15. The molecule has 0 amide bonds. The second-order valence-electron chi connectivity index (χ2n) is 3.06. The maximum atomic E-state index is 9.21. The number of aromatic hydroxyl groups is 1. The molecule has 1 aromatic rings. The van der Waals surface area contributed by atoms with Gasteiger partial charge in [-0.15, -0.1) is 0 Å². The lowest BCUT2D eigenvalue weighted by Crippen LogP contribution is -2.34. The molecule has 0 bridgehead atoms. The van der Waals surface area contributed by atoms with Gasteiger partial charge in [-0.3, -0.25) is 4.98 Å². The number of hydrogen-bond acceptors (Lipinski definition) is 4. The zero-order valence-corrected chi connectivity index (χ0v) is 7.23. The number of nitrogens with one attached hydrogen (secondary N) is 1. The number of ether oxygens (including phenoxy) is 1. The lowest BCUT2D eigenvalue weighted by Gasteiger charge is -2.23. The summed E-state index contributed by atoms with van der Waals surface area (Å²) in [5.41, 5.74) is 0.972. The van der Waals surface area contributed by atoms with Gasteiger partial charge in [0.2, 0.25) is 0 Å². The van der Waals surface area contributed by atoms with E-state index in [1.54, 1.807) is 12.3 Å². The summed E-state index contributed by atoms with van der Waals surface area (Å²) in [5.74, 6) is 0.199. The van der Waals surface area contributed by atoms with Crippen LogP contribution in [0.2, 0.25) is 0 Å². The second kappa shape index (κ2) is 3.72. The van der Waals surface area contributed by atoms with Gasteiger partial charge in [0.15, 0.2) is 0 Å². The van der Waals surface area contributed by atoms with E-state index in [2.05, 4.69) is 10.3 Å². The number of pyridine rings is 1. The molecule has 1 unspecified atom stereocenters. The summed E-state index contributed by atoms with van der Waals surface area (Å²) in [6.45, 7) is 2.24. The number of morpholine rings is 1. The van der Waals surface area contributed by atoms with Crippen molar-refractivity contribution in [2.45, 2.75) is 6.04 Å². The maximum absolute atomic E-state index is 9.21. The summed E-state index contributed by atoms with van der Waals surface area (Å²) in [6.07, 6.45) is 3.17. The van der Waals surface area contributed by atoms with Crippen molar-refractivity contribution in [3.05, 3.63) is 24.0 Å².